The minimum Gasteiger partial charge on any atom is -0.508 e. The Morgan fingerprint density at radius 2 is 2.11 bits per heavy atom. The first-order chi connectivity index (χ1) is 9.24. The quantitative estimate of drug-likeness (QED) is 0.865. The van der Waals surface area contributed by atoms with Crippen LogP contribution in [0.2, 0.25) is 0 Å². The molecule has 3 rings (SSSR count). The molecule has 3 nitrogen and oxygen atoms in total. The number of piperazine rings is 1. The second-order valence-corrected chi connectivity index (χ2v) is 5.37. The van der Waals surface area contributed by atoms with Crippen LogP contribution in [0, 0.1) is 0 Å². The monoisotopic (exact) mass is 256 g/mol. The van der Waals surface area contributed by atoms with Crippen LogP contribution >= 0.6 is 0 Å². The molecule has 1 atom stereocenters. The van der Waals surface area contributed by atoms with Crippen LogP contribution in [0.15, 0.2) is 36.4 Å². The highest BCUT2D eigenvalue weighted by Gasteiger charge is 2.17. The average molecular weight is 256 g/mol. The maximum Gasteiger partial charge on any atom is 0.120 e. The van der Waals surface area contributed by atoms with Gasteiger partial charge in [0.15, 0.2) is 0 Å². The van der Waals surface area contributed by atoms with Crippen LogP contribution in [0.5, 0.6) is 5.75 Å². The standard InChI is InChI=1S/C16H20N2O/c1-12-10-18(9-8-17-12)11-15-14-5-3-2-4-13(14)6-7-16(15)19/h2-7,12,17,19H,8-11H2,1H3. The van der Waals surface area contributed by atoms with Gasteiger partial charge in [-0.2, -0.15) is 0 Å². The summed E-state index contributed by atoms with van der Waals surface area (Å²) in [7, 11) is 0. The fourth-order valence-electron chi connectivity index (χ4n) is 2.87. The number of nitrogens with zero attached hydrogens (tertiary/aromatic N) is 1. The van der Waals surface area contributed by atoms with Gasteiger partial charge >= 0.3 is 0 Å². The molecule has 0 saturated carbocycles. The molecule has 1 unspecified atom stereocenters. The van der Waals surface area contributed by atoms with E-state index in [1.54, 1.807) is 0 Å². The molecular formula is C16H20N2O. The van der Waals surface area contributed by atoms with Crippen LogP contribution in [0.4, 0.5) is 0 Å². The first-order valence-electron chi connectivity index (χ1n) is 6.89. The molecule has 0 radical (unpaired) electrons. The predicted octanol–water partition coefficient (Wildman–Crippen LogP) is 2.34. The second kappa shape index (κ2) is 5.19. The largest absolute Gasteiger partial charge is 0.508 e. The van der Waals surface area contributed by atoms with Crippen molar-refractivity contribution < 1.29 is 5.11 Å². The van der Waals surface area contributed by atoms with E-state index in [1.807, 2.05) is 24.3 Å². The van der Waals surface area contributed by atoms with Gasteiger partial charge in [-0.15, -0.1) is 0 Å². The smallest absolute Gasteiger partial charge is 0.120 e. The number of phenolic OH excluding ortho intramolecular Hbond substituents is 1. The van der Waals surface area contributed by atoms with E-state index in [9.17, 15) is 5.11 Å². The number of aromatic hydroxyl groups is 1. The summed E-state index contributed by atoms with van der Waals surface area (Å²) in [5.41, 5.74) is 1.05. The molecule has 1 heterocycles. The molecule has 2 N–H and O–H groups in total. The fraction of sp³-hybridized carbons (Fsp3) is 0.375. The van der Waals surface area contributed by atoms with Crippen LogP contribution in [0.25, 0.3) is 10.8 Å². The van der Waals surface area contributed by atoms with Crippen LogP contribution in [-0.2, 0) is 6.54 Å². The van der Waals surface area contributed by atoms with Crippen molar-refractivity contribution in [3.05, 3.63) is 42.0 Å². The second-order valence-electron chi connectivity index (χ2n) is 5.37. The highest BCUT2D eigenvalue weighted by molar-refractivity contribution is 5.87. The lowest BCUT2D eigenvalue weighted by Crippen LogP contribution is -2.48. The minimum absolute atomic E-state index is 0.407. The molecule has 1 aliphatic heterocycles. The first kappa shape index (κ1) is 12.5. The zero-order chi connectivity index (χ0) is 13.2. The highest BCUT2D eigenvalue weighted by atomic mass is 16.3. The van der Waals surface area contributed by atoms with Gasteiger partial charge in [0, 0.05) is 37.8 Å². The normalized spacial score (nSPS) is 20.8. The number of benzene rings is 2. The third-order valence-electron chi connectivity index (χ3n) is 3.85. The Morgan fingerprint density at radius 1 is 1.26 bits per heavy atom. The molecule has 2 aromatic carbocycles. The van der Waals surface area contributed by atoms with Crippen molar-refractivity contribution in [2.45, 2.75) is 19.5 Å². The molecule has 1 saturated heterocycles. The maximum absolute atomic E-state index is 10.2. The zero-order valence-electron chi connectivity index (χ0n) is 11.3. The molecule has 0 spiro atoms. The molecular weight excluding hydrogens is 236 g/mol. The van der Waals surface area contributed by atoms with Gasteiger partial charge in [0.1, 0.15) is 5.75 Å². The summed E-state index contributed by atoms with van der Waals surface area (Å²) >= 11 is 0. The average Bonchev–Trinajstić information content (AvgIpc) is 2.42. The van der Waals surface area contributed by atoms with E-state index in [-0.39, 0.29) is 0 Å². The summed E-state index contributed by atoms with van der Waals surface area (Å²) in [6, 6.07) is 12.6. The Kier molecular flexibility index (Phi) is 3.40. The molecule has 0 bridgehead atoms. The molecule has 0 amide bonds. The van der Waals surface area contributed by atoms with Crippen molar-refractivity contribution in [1.82, 2.24) is 10.2 Å². The van der Waals surface area contributed by atoms with E-state index in [2.05, 4.69) is 29.3 Å². The van der Waals surface area contributed by atoms with E-state index in [0.29, 0.717) is 11.8 Å². The topological polar surface area (TPSA) is 35.5 Å². The van der Waals surface area contributed by atoms with E-state index in [0.717, 1.165) is 37.1 Å². The van der Waals surface area contributed by atoms with E-state index in [4.69, 9.17) is 0 Å². The molecule has 1 aliphatic rings. The summed E-state index contributed by atoms with van der Waals surface area (Å²) in [6.45, 7) is 6.11. The Hall–Kier alpha value is -1.58. The van der Waals surface area contributed by atoms with Gasteiger partial charge in [-0.05, 0) is 23.8 Å². The molecule has 100 valence electrons. The van der Waals surface area contributed by atoms with E-state index >= 15 is 0 Å². The number of fused-ring (bicyclic) bond motifs is 1. The number of rotatable bonds is 2. The van der Waals surface area contributed by atoms with Crippen molar-refractivity contribution in [2.75, 3.05) is 19.6 Å². The molecule has 3 heteroatoms. The van der Waals surface area contributed by atoms with E-state index < -0.39 is 0 Å². The van der Waals surface area contributed by atoms with Gasteiger partial charge in [0.25, 0.3) is 0 Å². The maximum atomic E-state index is 10.2. The Balaban J connectivity index is 1.93. The number of hydrogen-bond acceptors (Lipinski definition) is 3. The van der Waals surface area contributed by atoms with Crippen molar-refractivity contribution in [2.24, 2.45) is 0 Å². The van der Waals surface area contributed by atoms with Crippen LogP contribution in [0.3, 0.4) is 0 Å². The third-order valence-corrected chi connectivity index (χ3v) is 3.85. The predicted molar refractivity (Wildman–Crippen MR) is 78.4 cm³/mol. The van der Waals surface area contributed by atoms with Crippen molar-refractivity contribution in [3.8, 4) is 5.75 Å². The van der Waals surface area contributed by atoms with Crippen molar-refractivity contribution in [1.29, 1.82) is 0 Å². The summed E-state index contributed by atoms with van der Waals surface area (Å²) < 4.78 is 0. The van der Waals surface area contributed by atoms with Crippen molar-refractivity contribution >= 4 is 10.8 Å². The van der Waals surface area contributed by atoms with Crippen LogP contribution < -0.4 is 5.32 Å². The summed E-state index contributed by atoms with van der Waals surface area (Å²) in [5.74, 6) is 0.407. The zero-order valence-corrected chi connectivity index (χ0v) is 11.3. The van der Waals surface area contributed by atoms with Gasteiger partial charge < -0.3 is 10.4 Å². The lowest BCUT2D eigenvalue weighted by atomic mass is 10.0. The molecule has 2 aromatic rings. The number of hydrogen-bond donors (Lipinski definition) is 2. The Labute approximate surface area is 113 Å². The minimum atomic E-state index is 0.407. The number of nitrogens with one attached hydrogen (secondary N) is 1. The summed E-state index contributed by atoms with van der Waals surface area (Å²) in [5, 5.41) is 16.0. The summed E-state index contributed by atoms with van der Waals surface area (Å²) in [4.78, 5) is 2.41. The van der Waals surface area contributed by atoms with Crippen molar-refractivity contribution in [3.63, 3.8) is 0 Å². The highest BCUT2D eigenvalue weighted by Crippen LogP contribution is 2.28. The van der Waals surface area contributed by atoms with Crippen LogP contribution in [0.1, 0.15) is 12.5 Å². The van der Waals surface area contributed by atoms with Gasteiger partial charge in [-0.25, -0.2) is 0 Å². The fourth-order valence-corrected chi connectivity index (χ4v) is 2.87. The summed E-state index contributed by atoms with van der Waals surface area (Å²) in [6.07, 6.45) is 0. The van der Waals surface area contributed by atoms with E-state index in [1.165, 1.54) is 5.39 Å². The molecule has 19 heavy (non-hydrogen) atoms. The third kappa shape index (κ3) is 2.57. The van der Waals surface area contributed by atoms with Crippen LogP contribution in [-0.4, -0.2) is 35.7 Å². The molecule has 0 aromatic heterocycles. The number of phenols is 1. The lowest BCUT2D eigenvalue weighted by molar-refractivity contribution is 0.198. The Morgan fingerprint density at radius 3 is 2.95 bits per heavy atom. The van der Waals surface area contributed by atoms with Gasteiger partial charge in [-0.1, -0.05) is 30.3 Å². The molecule has 0 aliphatic carbocycles. The lowest BCUT2D eigenvalue weighted by Gasteiger charge is -2.32. The molecule has 1 fully saturated rings. The first-order valence-corrected chi connectivity index (χ1v) is 6.89. The van der Waals surface area contributed by atoms with Gasteiger partial charge in [0.2, 0.25) is 0 Å². The van der Waals surface area contributed by atoms with Gasteiger partial charge in [0.05, 0.1) is 0 Å². The SMILES string of the molecule is CC1CN(Cc2c(O)ccc3ccccc23)CCN1. The Bertz CT molecular complexity index is 582. The van der Waals surface area contributed by atoms with Gasteiger partial charge in [-0.3, -0.25) is 4.90 Å².